The van der Waals surface area contributed by atoms with Crippen LogP contribution in [0.2, 0.25) is 0 Å². The summed E-state index contributed by atoms with van der Waals surface area (Å²) in [4.78, 5) is 13.7. The van der Waals surface area contributed by atoms with Gasteiger partial charge >= 0.3 is 0 Å². The second kappa shape index (κ2) is 6.39. The van der Waals surface area contributed by atoms with Crippen LogP contribution in [0.5, 0.6) is 0 Å². The van der Waals surface area contributed by atoms with Gasteiger partial charge in [0.05, 0.1) is 0 Å². The first kappa shape index (κ1) is 12.9. The minimum atomic E-state index is 0.163. The average molecular weight is 243 g/mol. The van der Waals surface area contributed by atoms with Crippen LogP contribution in [0.3, 0.4) is 0 Å². The quantitative estimate of drug-likeness (QED) is 0.747. The number of rotatable bonds is 3. The van der Waals surface area contributed by atoms with E-state index in [-0.39, 0.29) is 5.91 Å². The van der Waals surface area contributed by atoms with Gasteiger partial charge in [0.25, 0.3) is 0 Å². The van der Waals surface area contributed by atoms with Crippen molar-refractivity contribution in [2.75, 3.05) is 13.1 Å². The van der Waals surface area contributed by atoms with Crippen LogP contribution in [-0.2, 0) is 11.2 Å². The molecule has 0 N–H and O–H groups in total. The van der Waals surface area contributed by atoms with Crippen LogP contribution >= 0.6 is 0 Å². The van der Waals surface area contributed by atoms with Gasteiger partial charge in [-0.15, -0.1) is 0 Å². The predicted molar refractivity (Wildman–Crippen MR) is 74.3 cm³/mol. The zero-order valence-electron chi connectivity index (χ0n) is 11.0. The van der Waals surface area contributed by atoms with Crippen molar-refractivity contribution in [3.05, 3.63) is 48.0 Å². The smallest absolute Gasteiger partial charge is 0.246 e. The van der Waals surface area contributed by atoms with Crippen molar-refractivity contribution in [3.63, 3.8) is 0 Å². The number of allylic oxidation sites excluding steroid dienone is 1. The molecule has 1 fully saturated rings. The minimum Gasteiger partial charge on any atom is -0.339 e. The number of amides is 1. The molecule has 2 rings (SSSR count). The molecular formula is C16H21NO. The average Bonchev–Trinajstić information content (AvgIpc) is 2.41. The number of nitrogens with zero attached hydrogens (tertiary/aromatic N) is 1. The molecule has 1 amide bonds. The monoisotopic (exact) mass is 243 g/mol. The normalized spacial score (nSPS) is 17.3. The van der Waals surface area contributed by atoms with Crippen molar-refractivity contribution in [3.8, 4) is 0 Å². The van der Waals surface area contributed by atoms with Crippen molar-refractivity contribution in [2.45, 2.75) is 26.2 Å². The molecule has 0 aliphatic carbocycles. The molecule has 1 aromatic rings. The van der Waals surface area contributed by atoms with Gasteiger partial charge in [0.15, 0.2) is 0 Å². The zero-order chi connectivity index (χ0) is 12.8. The van der Waals surface area contributed by atoms with Gasteiger partial charge in [0.2, 0.25) is 5.91 Å². The van der Waals surface area contributed by atoms with Crippen LogP contribution in [0.4, 0.5) is 0 Å². The number of hydrogen-bond acceptors (Lipinski definition) is 1. The molecule has 2 heteroatoms. The van der Waals surface area contributed by atoms with E-state index in [0.29, 0.717) is 0 Å². The molecule has 2 nitrogen and oxygen atoms in total. The van der Waals surface area contributed by atoms with Gasteiger partial charge in [-0.1, -0.05) is 36.4 Å². The Labute approximate surface area is 109 Å². The molecule has 1 aliphatic heterocycles. The molecule has 96 valence electrons. The van der Waals surface area contributed by atoms with E-state index >= 15 is 0 Å². The molecule has 1 saturated heterocycles. The first-order chi connectivity index (χ1) is 8.79. The number of hydrogen-bond donors (Lipinski definition) is 0. The SMILES string of the molecule is CC=CC(=O)N1CCC(Cc2ccccc2)CC1. The summed E-state index contributed by atoms with van der Waals surface area (Å²) >= 11 is 0. The van der Waals surface area contributed by atoms with Crippen LogP contribution in [-0.4, -0.2) is 23.9 Å². The van der Waals surface area contributed by atoms with Crippen molar-refractivity contribution in [2.24, 2.45) is 5.92 Å². The Morgan fingerprint density at radius 1 is 1.28 bits per heavy atom. The molecule has 0 bridgehead atoms. The third kappa shape index (κ3) is 3.46. The fourth-order valence-corrected chi connectivity index (χ4v) is 2.55. The molecule has 0 aromatic heterocycles. The highest BCUT2D eigenvalue weighted by Gasteiger charge is 2.21. The van der Waals surface area contributed by atoms with E-state index in [1.165, 1.54) is 5.56 Å². The van der Waals surface area contributed by atoms with Gasteiger partial charge in [0.1, 0.15) is 0 Å². The molecular weight excluding hydrogens is 222 g/mol. The Kier molecular flexibility index (Phi) is 4.57. The maximum atomic E-state index is 11.7. The Morgan fingerprint density at radius 2 is 1.94 bits per heavy atom. The van der Waals surface area contributed by atoms with Crippen LogP contribution in [0.1, 0.15) is 25.3 Å². The van der Waals surface area contributed by atoms with Crippen LogP contribution in [0.25, 0.3) is 0 Å². The number of piperidine rings is 1. The van der Waals surface area contributed by atoms with Crippen molar-refractivity contribution in [1.82, 2.24) is 4.90 Å². The third-order valence-corrected chi connectivity index (χ3v) is 3.60. The van der Waals surface area contributed by atoms with Gasteiger partial charge < -0.3 is 4.90 Å². The lowest BCUT2D eigenvalue weighted by Gasteiger charge is -2.31. The van der Waals surface area contributed by atoms with E-state index in [2.05, 4.69) is 30.3 Å². The Morgan fingerprint density at radius 3 is 2.56 bits per heavy atom. The number of benzene rings is 1. The molecule has 1 aliphatic rings. The summed E-state index contributed by atoms with van der Waals surface area (Å²) < 4.78 is 0. The summed E-state index contributed by atoms with van der Waals surface area (Å²) in [6.45, 7) is 3.70. The van der Waals surface area contributed by atoms with E-state index < -0.39 is 0 Å². The third-order valence-electron chi connectivity index (χ3n) is 3.60. The Bertz CT molecular complexity index is 402. The number of carbonyl (C=O) groups excluding carboxylic acids is 1. The van der Waals surface area contributed by atoms with Gasteiger partial charge in [-0.3, -0.25) is 4.79 Å². The van der Waals surface area contributed by atoms with Crippen molar-refractivity contribution >= 4 is 5.91 Å². The molecule has 0 radical (unpaired) electrons. The van der Waals surface area contributed by atoms with Crippen LogP contribution in [0.15, 0.2) is 42.5 Å². The topological polar surface area (TPSA) is 20.3 Å². The molecule has 1 heterocycles. The summed E-state index contributed by atoms with van der Waals surface area (Å²) in [5.41, 5.74) is 1.41. The fraction of sp³-hybridized carbons (Fsp3) is 0.438. The lowest BCUT2D eigenvalue weighted by atomic mass is 9.90. The molecule has 0 spiro atoms. The minimum absolute atomic E-state index is 0.163. The van der Waals surface area contributed by atoms with Crippen LogP contribution in [0, 0.1) is 5.92 Å². The second-order valence-electron chi connectivity index (χ2n) is 4.96. The zero-order valence-corrected chi connectivity index (χ0v) is 11.0. The highest BCUT2D eigenvalue weighted by molar-refractivity contribution is 5.87. The summed E-state index contributed by atoms with van der Waals surface area (Å²) in [5, 5.41) is 0. The van der Waals surface area contributed by atoms with E-state index in [4.69, 9.17) is 0 Å². The number of carbonyl (C=O) groups is 1. The van der Waals surface area contributed by atoms with Gasteiger partial charge in [-0.2, -0.15) is 0 Å². The maximum absolute atomic E-state index is 11.7. The fourth-order valence-electron chi connectivity index (χ4n) is 2.55. The number of likely N-dealkylation sites (tertiary alicyclic amines) is 1. The predicted octanol–water partition coefficient (Wildman–Crippen LogP) is 3.04. The first-order valence-corrected chi connectivity index (χ1v) is 6.75. The second-order valence-corrected chi connectivity index (χ2v) is 4.96. The van der Waals surface area contributed by atoms with E-state index in [1.807, 2.05) is 17.9 Å². The Hall–Kier alpha value is -1.57. The molecule has 0 saturated carbocycles. The molecule has 0 unspecified atom stereocenters. The summed E-state index contributed by atoms with van der Waals surface area (Å²) in [5.74, 6) is 0.887. The van der Waals surface area contributed by atoms with Crippen molar-refractivity contribution in [1.29, 1.82) is 0 Å². The highest BCUT2D eigenvalue weighted by Crippen LogP contribution is 2.21. The molecule has 18 heavy (non-hydrogen) atoms. The maximum Gasteiger partial charge on any atom is 0.246 e. The van der Waals surface area contributed by atoms with Crippen molar-refractivity contribution < 1.29 is 4.79 Å². The summed E-state index contributed by atoms with van der Waals surface area (Å²) in [6.07, 6.45) is 6.87. The van der Waals surface area contributed by atoms with E-state index in [9.17, 15) is 4.79 Å². The van der Waals surface area contributed by atoms with E-state index in [0.717, 1.165) is 38.3 Å². The highest BCUT2D eigenvalue weighted by atomic mass is 16.2. The lowest BCUT2D eigenvalue weighted by Crippen LogP contribution is -2.37. The van der Waals surface area contributed by atoms with Gasteiger partial charge in [0, 0.05) is 13.1 Å². The Balaban J connectivity index is 1.82. The largest absolute Gasteiger partial charge is 0.339 e. The van der Waals surface area contributed by atoms with Gasteiger partial charge in [-0.25, -0.2) is 0 Å². The van der Waals surface area contributed by atoms with Gasteiger partial charge in [-0.05, 0) is 43.7 Å². The van der Waals surface area contributed by atoms with E-state index in [1.54, 1.807) is 6.08 Å². The lowest BCUT2D eigenvalue weighted by molar-refractivity contribution is -0.127. The standard InChI is InChI=1S/C16H21NO/c1-2-6-16(18)17-11-9-15(10-12-17)13-14-7-4-3-5-8-14/h2-8,15H,9-13H2,1H3. The van der Waals surface area contributed by atoms with Crippen LogP contribution < -0.4 is 0 Å². The summed E-state index contributed by atoms with van der Waals surface area (Å²) in [7, 11) is 0. The first-order valence-electron chi connectivity index (χ1n) is 6.75. The summed E-state index contributed by atoms with van der Waals surface area (Å²) in [6, 6.07) is 10.6. The molecule has 0 atom stereocenters. The molecule has 1 aromatic carbocycles.